The maximum atomic E-state index is 11.3. The summed E-state index contributed by atoms with van der Waals surface area (Å²) in [5, 5.41) is 0.897. The monoisotopic (exact) mass is 331 g/mol. The van der Waals surface area contributed by atoms with Crippen molar-refractivity contribution in [2.45, 2.75) is 0 Å². The average molecular weight is 331 g/mol. The van der Waals surface area contributed by atoms with E-state index < -0.39 is 0 Å². The Hall–Kier alpha value is -1.93. The number of nitrogens with zero attached hydrogens (tertiary/aromatic N) is 5. The van der Waals surface area contributed by atoms with Crippen LogP contribution in [0.25, 0.3) is 20.4 Å². The smallest absolute Gasteiger partial charge is 0.278 e. The number of thiophene rings is 1. The number of hydrogen-bond donors (Lipinski definition) is 1. The third kappa shape index (κ3) is 2.19. The van der Waals surface area contributed by atoms with E-state index in [-0.39, 0.29) is 5.24 Å². The van der Waals surface area contributed by atoms with Crippen LogP contribution in [0, 0.1) is 0 Å². The maximum absolute atomic E-state index is 11.3. The number of aromatic nitrogens is 3. The highest BCUT2D eigenvalue weighted by atomic mass is 32.1. The van der Waals surface area contributed by atoms with E-state index >= 15 is 0 Å². The second-order valence-electron chi connectivity index (χ2n) is 5.09. The summed E-state index contributed by atoms with van der Waals surface area (Å²) in [5.74, 6) is 0.930. The van der Waals surface area contributed by atoms with Crippen molar-refractivity contribution in [2.75, 3.05) is 31.1 Å². The Balaban J connectivity index is 1.75. The second kappa shape index (κ2) is 5.36. The summed E-state index contributed by atoms with van der Waals surface area (Å²) in [6.45, 7) is 2.83. The summed E-state index contributed by atoms with van der Waals surface area (Å²) in [7, 11) is 0. The molecule has 1 amide bonds. The molecule has 8 heteroatoms. The first-order valence-electron chi connectivity index (χ1n) is 6.95. The highest BCUT2D eigenvalue weighted by molar-refractivity contribution is 7.96. The van der Waals surface area contributed by atoms with E-state index in [4.69, 9.17) is 0 Å². The van der Waals surface area contributed by atoms with Crippen LogP contribution in [0.3, 0.4) is 0 Å². The molecule has 1 aliphatic heterocycles. The molecule has 112 valence electrons. The van der Waals surface area contributed by atoms with Gasteiger partial charge in [-0.15, -0.1) is 11.3 Å². The lowest BCUT2D eigenvalue weighted by Crippen LogP contribution is -2.47. The molecular weight excluding hydrogens is 318 g/mol. The topological polar surface area (TPSA) is 62.2 Å². The largest absolute Gasteiger partial charge is 0.352 e. The number of thiol groups is 1. The van der Waals surface area contributed by atoms with E-state index in [9.17, 15) is 4.79 Å². The van der Waals surface area contributed by atoms with Gasteiger partial charge in [0.2, 0.25) is 0 Å². The number of amides is 1. The third-order valence-electron chi connectivity index (χ3n) is 3.86. The summed E-state index contributed by atoms with van der Waals surface area (Å²) in [6, 6.07) is 3.96. The molecule has 0 aromatic carbocycles. The molecule has 0 unspecified atom stereocenters. The van der Waals surface area contributed by atoms with Gasteiger partial charge >= 0.3 is 0 Å². The quantitative estimate of drug-likeness (QED) is 0.694. The Morgan fingerprint density at radius 3 is 2.77 bits per heavy atom. The first-order chi connectivity index (χ1) is 10.7. The first-order valence-corrected chi connectivity index (χ1v) is 8.21. The van der Waals surface area contributed by atoms with Gasteiger partial charge < -0.3 is 9.80 Å². The van der Waals surface area contributed by atoms with E-state index in [1.54, 1.807) is 28.8 Å². The molecule has 3 aromatic heterocycles. The molecule has 0 saturated carbocycles. The highest BCUT2D eigenvalue weighted by Gasteiger charge is 2.23. The summed E-state index contributed by atoms with van der Waals surface area (Å²) in [6.07, 6.45) is 3.40. The molecule has 0 aliphatic carbocycles. The zero-order valence-electron chi connectivity index (χ0n) is 11.6. The summed E-state index contributed by atoms with van der Waals surface area (Å²) in [5.41, 5.74) is 0.950. The van der Waals surface area contributed by atoms with Gasteiger partial charge in [-0.05, 0) is 12.1 Å². The van der Waals surface area contributed by atoms with Gasteiger partial charge in [-0.25, -0.2) is 15.0 Å². The van der Waals surface area contributed by atoms with Crippen molar-refractivity contribution in [1.82, 2.24) is 19.9 Å². The van der Waals surface area contributed by atoms with Crippen LogP contribution in [-0.2, 0) is 0 Å². The highest BCUT2D eigenvalue weighted by Crippen LogP contribution is 2.36. The lowest BCUT2D eigenvalue weighted by Gasteiger charge is -2.34. The molecule has 0 radical (unpaired) electrons. The Morgan fingerprint density at radius 2 is 2.00 bits per heavy atom. The van der Waals surface area contributed by atoms with Crippen molar-refractivity contribution in [3.8, 4) is 0 Å². The molecule has 3 aromatic rings. The van der Waals surface area contributed by atoms with Crippen molar-refractivity contribution in [2.24, 2.45) is 0 Å². The normalized spacial score (nSPS) is 15.7. The minimum Gasteiger partial charge on any atom is -0.352 e. The van der Waals surface area contributed by atoms with Crippen molar-refractivity contribution in [3.05, 3.63) is 24.7 Å². The van der Waals surface area contributed by atoms with Crippen LogP contribution in [0.4, 0.5) is 10.6 Å². The Kier molecular flexibility index (Phi) is 3.34. The van der Waals surface area contributed by atoms with Gasteiger partial charge in [0.1, 0.15) is 17.0 Å². The summed E-state index contributed by atoms with van der Waals surface area (Å²) >= 11 is 5.50. The van der Waals surface area contributed by atoms with Crippen LogP contribution >= 0.6 is 24.0 Å². The van der Waals surface area contributed by atoms with E-state index in [0.717, 1.165) is 39.3 Å². The Labute approximate surface area is 136 Å². The molecule has 0 N–H and O–H groups in total. The maximum Gasteiger partial charge on any atom is 0.278 e. The molecule has 0 bridgehead atoms. The molecule has 1 aliphatic rings. The zero-order valence-corrected chi connectivity index (χ0v) is 13.3. The fourth-order valence-electron chi connectivity index (χ4n) is 2.73. The van der Waals surface area contributed by atoms with E-state index in [1.807, 2.05) is 12.1 Å². The van der Waals surface area contributed by atoms with Crippen molar-refractivity contribution >= 4 is 55.5 Å². The average Bonchev–Trinajstić information content (AvgIpc) is 2.93. The van der Waals surface area contributed by atoms with Gasteiger partial charge in [0.25, 0.3) is 5.24 Å². The van der Waals surface area contributed by atoms with E-state index in [1.165, 1.54) is 0 Å². The summed E-state index contributed by atoms with van der Waals surface area (Å²) < 4.78 is 1.06. The molecule has 1 fully saturated rings. The van der Waals surface area contributed by atoms with Gasteiger partial charge in [0.15, 0.2) is 0 Å². The molecule has 0 atom stereocenters. The van der Waals surface area contributed by atoms with Gasteiger partial charge in [-0.3, -0.25) is 4.79 Å². The predicted molar refractivity (Wildman–Crippen MR) is 90.9 cm³/mol. The zero-order chi connectivity index (χ0) is 15.1. The van der Waals surface area contributed by atoms with Gasteiger partial charge in [-0.1, -0.05) is 12.6 Å². The Bertz CT molecular complexity index is 857. The molecule has 6 nitrogen and oxygen atoms in total. The van der Waals surface area contributed by atoms with Crippen LogP contribution in [0.5, 0.6) is 0 Å². The third-order valence-corrected chi connectivity index (χ3v) is 5.24. The van der Waals surface area contributed by atoms with Crippen molar-refractivity contribution in [3.63, 3.8) is 0 Å². The van der Waals surface area contributed by atoms with Crippen molar-refractivity contribution < 1.29 is 4.79 Å². The number of pyridine rings is 1. The minimum absolute atomic E-state index is 0.168. The summed E-state index contributed by atoms with van der Waals surface area (Å²) in [4.78, 5) is 29.5. The van der Waals surface area contributed by atoms with Gasteiger partial charge in [-0.2, -0.15) is 0 Å². The molecule has 22 heavy (non-hydrogen) atoms. The lowest BCUT2D eigenvalue weighted by molar-refractivity contribution is 0.220. The number of hydrogen-bond acceptors (Lipinski definition) is 6. The fourth-order valence-corrected chi connectivity index (χ4v) is 4.05. The van der Waals surface area contributed by atoms with Crippen LogP contribution in [0.2, 0.25) is 0 Å². The lowest BCUT2D eigenvalue weighted by atomic mass is 10.2. The van der Waals surface area contributed by atoms with Gasteiger partial charge in [0.05, 0.1) is 10.2 Å². The molecule has 4 heterocycles. The fraction of sp³-hybridized carbons (Fsp3) is 0.286. The number of carbonyl (C=O) groups excluding carboxylic acids is 1. The molecular formula is C14H13N5OS2. The Morgan fingerprint density at radius 1 is 1.18 bits per heavy atom. The minimum atomic E-state index is -0.168. The first kappa shape index (κ1) is 13.7. The second-order valence-corrected chi connectivity index (χ2v) is 6.47. The molecule has 1 saturated heterocycles. The standard InChI is InChI=1S/C14H13N5OS2/c20-14(21)19-6-4-18(5-7-19)12-11-10(16-8-17-12)9-2-1-3-15-13(9)22-11/h1-3,8H,4-7H2,(H,20,21). The molecule has 4 rings (SSSR count). The number of fused-ring (bicyclic) bond motifs is 3. The van der Waals surface area contributed by atoms with Crippen LogP contribution in [-0.4, -0.2) is 51.3 Å². The van der Waals surface area contributed by atoms with Crippen LogP contribution in [0.15, 0.2) is 24.7 Å². The number of carbonyl (C=O) groups is 1. The predicted octanol–water partition coefficient (Wildman–Crippen LogP) is 2.41. The number of piperazine rings is 1. The van der Waals surface area contributed by atoms with E-state index in [0.29, 0.717) is 13.1 Å². The number of rotatable bonds is 1. The van der Waals surface area contributed by atoms with E-state index in [2.05, 4.69) is 32.5 Å². The molecule has 0 spiro atoms. The van der Waals surface area contributed by atoms with Crippen LogP contribution < -0.4 is 4.90 Å². The van der Waals surface area contributed by atoms with Crippen molar-refractivity contribution in [1.29, 1.82) is 0 Å². The van der Waals surface area contributed by atoms with Gasteiger partial charge in [0, 0.05) is 37.8 Å². The van der Waals surface area contributed by atoms with Crippen LogP contribution in [0.1, 0.15) is 0 Å². The number of anilines is 1. The SMILES string of the molecule is O=C(S)N1CCN(c2ncnc3c2sc2ncccc23)CC1.